The first-order chi connectivity index (χ1) is 24.2. The molecule has 0 amide bonds. The van der Waals surface area contributed by atoms with Gasteiger partial charge in [-0.15, -0.1) is 20.5 Å². The largest absolute Gasteiger partial charge is 0.505 e. The lowest BCUT2D eigenvalue weighted by atomic mass is 10.1. The number of azo groups is 2. The van der Waals surface area contributed by atoms with Crippen molar-refractivity contribution in [2.45, 2.75) is 33.4 Å². The molecule has 0 radical (unpaired) electrons. The van der Waals surface area contributed by atoms with Gasteiger partial charge in [0.25, 0.3) is 20.2 Å². The number of phenols is 2. The van der Waals surface area contributed by atoms with Crippen molar-refractivity contribution in [2.75, 3.05) is 23.9 Å². The fourth-order valence-electron chi connectivity index (χ4n) is 5.11. The summed E-state index contributed by atoms with van der Waals surface area (Å²) in [5.74, 6) is -1.85. The average molecular weight is 792 g/mol. The average Bonchev–Trinajstić information content (AvgIpc) is 3.09. The van der Waals surface area contributed by atoms with Gasteiger partial charge in [0, 0.05) is 23.2 Å². The Labute approximate surface area is 297 Å². The molecular formula is C31H29N5O12S4. The zero-order valence-electron chi connectivity index (χ0n) is 27.2. The van der Waals surface area contributed by atoms with Crippen LogP contribution < -0.4 is 5.32 Å². The highest BCUT2D eigenvalue weighted by molar-refractivity contribution is 7.91. The number of nitrogens with zero attached hydrogens (tertiary/aromatic N) is 4. The zero-order valence-corrected chi connectivity index (χ0v) is 30.5. The van der Waals surface area contributed by atoms with E-state index in [1.54, 1.807) is 7.05 Å². The van der Waals surface area contributed by atoms with Crippen LogP contribution >= 0.6 is 0 Å². The van der Waals surface area contributed by atoms with Gasteiger partial charge in [0.1, 0.15) is 32.5 Å². The predicted octanol–water partition coefficient (Wildman–Crippen LogP) is 6.36. The molecule has 0 atom stereocenters. The molecule has 0 unspecified atom stereocenters. The second kappa shape index (κ2) is 13.8. The van der Waals surface area contributed by atoms with Crippen molar-refractivity contribution < 1.29 is 53.0 Å². The number of nitrogens with one attached hydrogen (secondary N) is 1. The third kappa shape index (κ3) is 7.31. The molecule has 5 N–H and O–H groups in total. The predicted molar refractivity (Wildman–Crippen MR) is 191 cm³/mol. The third-order valence-electron chi connectivity index (χ3n) is 7.89. The third-order valence-corrected chi connectivity index (χ3v) is 13.1. The zero-order chi connectivity index (χ0) is 38.4. The van der Waals surface area contributed by atoms with Gasteiger partial charge in [-0.3, -0.25) is 9.11 Å². The van der Waals surface area contributed by atoms with Gasteiger partial charge in [0.15, 0.2) is 31.2 Å². The number of phenolic OH excluding ortho intramolecular Hbond substituents is 2. The molecule has 0 saturated carbocycles. The Kier molecular flexibility index (Phi) is 10.1. The van der Waals surface area contributed by atoms with Crippen molar-refractivity contribution in [2.24, 2.45) is 20.5 Å². The highest BCUT2D eigenvalue weighted by Crippen LogP contribution is 2.45. The molecular weight excluding hydrogens is 763 g/mol. The van der Waals surface area contributed by atoms with E-state index in [0.717, 1.165) is 30.3 Å². The molecule has 17 nitrogen and oxygen atoms in total. The minimum absolute atomic E-state index is 0.0279. The van der Waals surface area contributed by atoms with E-state index in [0.29, 0.717) is 5.69 Å². The fraction of sp³-hybridized carbons (Fsp3) is 0.161. The van der Waals surface area contributed by atoms with Crippen molar-refractivity contribution in [3.63, 3.8) is 0 Å². The number of benzene rings is 5. The monoisotopic (exact) mass is 791 g/mol. The van der Waals surface area contributed by atoms with Crippen molar-refractivity contribution in [1.29, 1.82) is 0 Å². The van der Waals surface area contributed by atoms with Crippen LogP contribution in [0, 0.1) is 0 Å². The number of fused-ring (bicyclic) bond motifs is 2. The number of hydrogen-bond donors (Lipinski definition) is 5. The summed E-state index contributed by atoms with van der Waals surface area (Å²) >= 11 is 0. The van der Waals surface area contributed by atoms with E-state index in [2.05, 4.69) is 25.8 Å². The van der Waals surface area contributed by atoms with Crippen molar-refractivity contribution in [1.82, 2.24) is 0 Å². The quantitative estimate of drug-likeness (QED) is 0.0720. The van der Waals surface area contributed by atoms with E-state index < -0.39 is 66.6 Å². The minimum atomic E-state index is -5.03. The topological polar surface area (TPSA) is 279 Å². The Hall–Kier alpha value is -5.06. The summed E-state index contributed by atoms with van der Waals surface area (Å²) in [5, 5.41) is 41.1. The molecule has 0 spiro atoms. The molecule has 5 aromatic carbocycles. The molecule has 0 aliphatic heterocycles. The first-order valence-corrected chi connectivity index (χ1v) is 21.1. The lowest BCUT2D eigenvalue weighted by Crippen LogP contribution is -2.07. The molecule has 0 aliphatic carbocycles. The van der Waals surface area contributed by atoms with Gasteiger partial charge in [0.05, 0.1) is 27.0 Å². The Morgan fingerprint density at radius 1 is 0.577 bits per heavy atom. The van der Waals surface area contributed by atoms with E-state index in [-0.39, 0.29) is 60.2 Å². The number of sulfone groups is 2. The smallest absolute Gasteiger partial charge is 0.296 e. The number of anilines is 1. The molecule has 21 heteroatoms. The van der Waals surface area contributed by atoms with Gasteiger partial charge in [-0.2, -0.15) is 16.8 Å². The first-order valence-electron chi connectivity index (χ1n) is 14.9. The van der Waals surface area contributed by atoms with Crippen LogP contribution in [-0.4, -0.2) is 71.5 Å². The summed E-state index contributed by atoms with van der Waals surface area (Å²) in [6.45, 7) is 2.72. The van der Waals surface area contributed by atoms with Gasteiger partial charge < -0.3 is 15.5 Å². The molecule has 5 rings (SSSR count). The van der Waals surface area contributed by atoms with Crippen LogP contribution in [0.2, 0.25) is 0 Å². The molecule has 274 valence electrons. The van der Waals surface area contributed by atoms with Crippen LogP contribution in [0.4, 0.5) is 28.4 Å². The van der Waals surface area contributed by atoms with Crippen molar-refractivity contribution in [3.05, 3.63) is 66.7 Å². The summed E-state index contributed by atoms with van der Waals surface area (Å²) in [5.41, 5.74) is -0.334. The second-order valence-corrected chi connectivity index (χ2v) is 18.3. The number of hydrogen-bond acceptors (Lipinski definition) is 15. The lowest BCUT2D eigenvalue weighted by Gasteiger charge is -2.12. The maximum Gasteiger partial charge on any atom is 0.296 e. The molecule has 5 aromatic rings. The standard InChI is InChI=1S/C31H29N5O12S4/c1-4-49(39,40)18-7-11-22(26(15-18)51(43,44)45)33-36-29-20-8-13-24(30(37)21(20)9-12-23(29)32-3)34-35-25-10-6-17-14-19(50(41,42)5-2)16-27(52(46,47)48)28(17)31(25)38/h6-16,32,37-38H,4-5H2,1-3H3,(H,43,44,45)(H,46,47,48). The lowest BCUT2D eigenvalue weighted by molar-refractivity contribution is 0.474. The Morgan fingerprint density at radius 2 is 1.10 bits per heavy atom. The minimum Gasteiger partial charge on any atom is -0.505 e. The summed E-state index contributed by atoms with van der Waals surface area (Å²) < 4.78 is 118. The highest BCUT2D eigenvalue weighted by Gasteiger charge is 2.25. The molecule has 52 heavy (non-hydrogen) atoms. The van der Waals surface area contributed by atoms with E-state index in [1.807, 2.05) is 0 Å². The Morgan fingerprint density at radius 3 is 1.69 bits per heavy atom. The van der Waals surface area contributed by atoms with Crippen molar-refractivity contribution >= 4 is 89.9 Å². The highest BCUT2D eigenvalue weighted by atomic mass is 32.2. The van der Waals surface area contributed by atoms with Crippen LogP contribution in [0.1, 0.15) is 13.8 Å². The van der Waals surface area contributed by atoms with Gasteiger partial charge in [0.2, 0.25) is 0 Å². The molecule has 0 heterocycles. The van der Waals surface area contributed by atoms with Gasteiger partial charge in [-0.25, -0.2) is 16.8 Å². The first kappa shape index (κ1) is 38.2. The van der Waals surface area contributed by atoms with Crippen LogP contribution in [0.15, 0.2) is 107 Å². The van der Waals surface area contributed by atoms with Crippen molar-refractivity contribution in [3.8, 4) is 11.5 Å². The van der Waals surface area contributed by atoms with Crippen LogP contribution in [0.3, 0.4) is 0 Å². The van der Waals surface area contributed by atoms with E-state index in [1.165, 1.54) is 50.2 Å². The molecule has 0 bridgehead atoms. The summed E-state index contributed by atoms with van der Waals surface area (Å²) in [4.78, 5) is -2.39. The van der Waals surface area contributed by atoms with Gasteiger partial charge in [-0.05, 0) is 66.0 Å². The Balaban J connectivity index is 1.60. The summed E-state index contributed by atoms with van der Waals surface area (Å²) in [7, 11) is -16.2. The summed E-state index contributed by atoms with van der Waals surface area (Å²) in [6.07, 6.45) is 0. The number of rotatable bonds is 11. The SMILES string of the molecule is CCS(=O)(=O)c1ccc(N=Nc2c(NC)ccc3c(O)c(N=Nc4ccc5cc(S(=O)(=O)CC)cc(S(=O)(=O)O)c5c4O)ccc23)c(S(=O)(=O)O)c1. The number of aromatic hydroxyl groups is 2. The maximum atomic E-state index is 12.5. The molecule has 0 aromatic heterocycles. The maximum absolute atomic E-state index is 12.5. The molecule has 0 aliphatic rings. The normalized spacial score (nSPS) is 13.1. The van der Waals surface area contributed by atoms with E-state index in [9.17, 15) is 53.0 Å². The molecule has 0 fully saturated rings. The van der Waals surface area contributed by atoms with Crippen LogP contribution in [0.5, 0.6) is 11.5 Å². The van der Waals surface area contributed by atoms with Crippen LogP contribution in [-0.2, 0) is 39.9 Å². The van der Waals surface area contributed by atoms with Gasteiger partial charge in [-0.1, -0.05) is 19.9 Å². The van der Waals surface area contributed by atoms with E-state index >= 15 is 0 Å². The Bertz CT molecular complexity index is 2800. The molecule has 0 saturated heterocycles. The van der Waals surface area contributed by atoms with Gasteiger partial charge >= 0.3 is 0 Å². The fourth-order valence-corrected chi connectivity index (χ4v) is 8.50. The summed E-state index contributed by atoms with van der Waals surface area (Å²) in [6, 6.07) is 13.1. The second-order valence-electron chi connectivity index (χ2n) is 11.0. The van der Waals surface area contributed by atoms with Crippen LogP contribution in [0.25, 0.3) is 21.5 Å². The van der Waals surface area contributed by atoms with E-state index in [4.69, 9.17) is 0 Å².